The third-order valence-corrected chi connectivity index (χ3v) is 3.48. The molecule has 8 heteroatoms. The standard InChI is InChI=1S/C11H9BF3N2S.K/c1-8(12(13,14)15)6-18-11-9-4-2-3-5-10(9)16-7-17-11;/h2-5,7H,1,6H2;/q-1;+1. The van der Waals surface area contributed by atoms with E-state index in [9.17, 15) is 12.9 Å². The number of aromatic nitrogens is 2. The molecule has 0 spiro atoms. The van der Waals surface area contributed by atoms with Crippen molar-refractivity contribution in [3.63, 3.8) is 0 Å². The summed E-state index contributed by atoms with van der Waals surface area (Å²) in [6.07, 6.45) is 1.35. The maximum Gasteiger partial charge on any atom is 1.00 e. The van der Waals surface area contributed by atoms with Gasteiger partial charge in [-0.1, -0.05) is 18.2 Å². The predicted molar refractivity (Wildman–Crippen MR) is 68.5 cm³/mol. The molecule has 94 valence electrons. The van der Waals surface area contributed by atoms with Gasteiger partial charge in [0.05, 0.1) is 5.52 Å². The summed E-state index contributed by atoms with van der Waals surface area (Å²) in [5, 5.41) is 1.30. The monoisotopic (exact) mass is 308 g/mol. The van der Waals surface area contributed by atoms with Gasteiger partial charge in [0, 0.05) is 5.39 Å². The minimum Gasteiger partial charge on any atom is -0.445 e. The molecule has 0 bridgehead atoms. The van der Waals surface area contributed by atoms with Gasteiger partial charge in [-0.25, -0.2) is 9.97 Å². The van der Waals surface area contributed by atoms with Crippen molar-refractivity contribution >= 4 is 29.6 Å². The van der Waals surface area contributed by atoms with Crippen molar-refractivity contribution in [2.75, 3.05) is 5.75 Å². The van der Waals surface area contributed by atoms with Crippen molar-refractivity contribution < 1.29 is 64.3 Å². The van der Waals surface area contributed by atoms with Gasteiger partial charge in [0.25, 0.3) is 0 Å². The average Bonchev–Trinajstić information content (AvgIpc) is 2.34. The average molecular weight is 308 g/mol. The molecular weight excluding hydrogens is 299 g/mol. The molecule has 0 saturated heterocycles. The van der Waals surface area contributed by atoms with Crippen molar-refractivity contribution in [2.24, 2.45) is 0 Å². The largest absolute Gasteiger partial charge is 1.00 e. The molecule has 1 heterocycles. The number of nitrogens with zero attached hydrogens (tertiary/aromatic N) is 2. The summed E-state index contributed by atoms with van der Waals surface area (Å²) < 4.78 is 37.1. The van der Waals surface area contributed by atoms with E-state index < -0.39 is 12.4 Å². The molecule has 0 atom stereocenters. The minimum atomic E-state index is -4.98. The van der Waals surface area contributed by atoms with E-state index in [4.69, 9.17) is 0 Å². The second-order valence-electron chi connectivity index (χ2n) is 3.72. The Morgan fingerprint density at radius 2 is 1.89 bits per heavy atom. The molecule has 0 unspecified atom stereocenters. The number of thioether (sulfide) groups is 1. The van der Waals surface area contributed by atoms with Crippen LogP contribution in [-0.4, -0.2) is 22.7 Å². The maximum absolute atomic E-state index is 12.4. The third kappa shape index (κ3) is 4.58. The van der Waals surface area contributed by atoms with Crippen LogP contribution in [0.1, 0.15) is 0 Å². The molecule has 0 amide bonds. The number of hydrogen-bond acceptors (Lipinski definition) is 3. The molecule has 2 nitrogen and oxygen atoms in total. The SMILES string of the molecule is C=C(CSc1ncnc2ccccc12)[B-](F)(F)F.[K+]. The van der Waals surface area contributed by atoms with Crippen molar-refractivity contribution in [1.29, 1.82) is 0 Å². The van der Waals surface area contributed by atoms with E-state index in [0.29, 0.717) is 5.03 Å². The summed E-state index contributed by atoms with van der Waals surface area (Å²) in [6, 6.07) is 7.21. The molecule has 0 aliphatic rings. The minimum absolute atomic E-state index is 0. The topological polar surface area (TPSA) is 25.8 Å². The molecule has 0 aliphatic heterocycles. The van der Waals surface area contributed by atoms with E-state index in [2.05, 4.69) is 16.5 Å². The fourth-order valence-electron chi connectivity index (χ4n) is 1.35. The van der Waals surface area contributed by atoms with Crippen molar-refractivity contribution in [3.05, 3.63) is 42.6 Å². The fraction of sp³-hybridized carbons (Fsp3) is 0.0909. The zero-order valence-corrected chi connectivity index (χ0v) is 14.3. The molecule has 0 saturated carbocycles. The molecule has 0 fully saturated rings. The Hall–Kier alpha value is 0.141. The maximum atomic E-state index is 12.4. The van der Waals surface area contributed by atoms with Gasteiger partial charge in [0.15, 0.2) is 0 Å². The van der Waals surface area contributed by atoms with Gasteiger partial charge in [-0.3, -0.25) is 0 Å². The van der Waals surface area contributed by atoms with Crippen LogP contribution >= 0.6 is 11.8 Å². The second-order valence-corrected chi connectivity index (χ2v) is 4.68. The molecule has 1 aromatic carbocycles. The van der Waals surface area contributed by atoms with Crippen LogP contribution in [0.25, 0.3) is 10.9 Å². The fourth-order valence-corrected chi connectivity index (χ4v) is 2.31. The summed E-state index contributed by atoms with van der Waals surface area (Å²) in [7, 11) is 0. The van der Waals surface area contributed by atoms with Gasteiger partial charge < -0.3 is 12.9 Å². The van der Waals surface area contributed by atoms with Crippen LogP contribution < -0.4 is 51.4 Å². The molecule has 2 aromatic rings. The van der Waals surface area contributed by atoms with E-state index in [0.717, 1.165) is 22.7 Å². The van der Waals surface area contributed by atoms with Crippen molar-refractivity contribution in [3.8, 4) is 0 Å². The predicted octanol–water partition coefficient (Wildman–Crippen LogP) is 0.669. The molecular formula is C11H9BF3KN2S. The molecule has 2 rings (SSSR count). The van der Waals surface area contributed by atoms with E-state index in [1.165, 1.54) is 6.33 Å². The number of para-hydroxylation sites is 1. The van der Waals surface area contributed by atoms with Crippen LogP contribution in [0, 0.1) is 0 Å². The number of rotatable bonds is 4. The summed E-state index contributed by atoms with van der Waals surface area (Å²) in [6.45, 7) is -1.92. The van der Waals surface area contributed by atoms with Crippen LogP contribution in [0.3, 0.4) is 0 Å². The Balaban J connectivity index is 0.00000180. The molecule has 0 N–H and O–H groups in total. The van der Waals surface area contributed by atoms with Gasteiger partial charge in [0.1, 0.15) is 11.4 Å². The molecule has 1 aromatic heterocycles. The van der Waals surface area contributed by atoms with E-state index >= 15 is 0 Å². The number of halogens is 3. The quantitative estimate of drug-likeness (QED) is 0.472. The van der Waals surface area contributed by atoms with Gasteiger partial charge in [0.2, 0.25) is 0 Å². The summed E-state index contributed by atoms with van der Waals surface area (Å²) in [4.78, 5) is 8.06. The Morgan fingerprint density at radius 1 is 1.21 bits per heavy atom. The van der Waals surface area contributed by atoms with Gasteiger partial charge >= 0.3 is 58.4 Å². The van der Waals surface area contributed by atoms with Crippen molar-refractivity contribution in [2.45, 2.75) is 5.03 Å². The number of hydrogen-bond donors (Lipinski definition) is 0. The molecule has 19 heavy (non-hydrogen) atoms. The zero-order valence-electron chi connectivity index (χ0n) is 10.3. The Kier molecular flexibility index (Phi) is 6.55. The first kappa shape index (κ1) is 17.2. The normalized spacial score (nSPS) is 11.1. The zero-order chi connectivity index (χ0) is 13.2. The van der Waals surface area contributed by atoms with Crippen molar-refractivity contribution in [1.82, 2.24) is 9.97 Å². The second kappa shape index (κ2) is 7.24. The van der Waals surface area contributed by atoms with Gasteiger partial charge in [-0.05, 0) is 11.8 Å². The van der Waals surface area contributed by atoms with Gasteiger partial charge in [-0.2, -0.15) is 0 Å². The first-order valence-electron chi connectivity index (χ1n) is 5.18. The van der Waals surface area contributed by atoms with Crippen LogP contribution in [0.5, 0.6) is 0 Å². The van der Waals surface area contributed by atoms with E-state index in [-0.39, 0.29) is 57.1 Å². The summed E-state index contributed by atoms with van der Waals surface area (Å²) in [5.41, 5.74) is 0.0147. The van der Waals surface area contributed by atoms with Crippen LogP contribution in [-0.2, 0) is 0 Å². The first-order valence-corrected chi connectivity index (χ1v) is 6.17. The van der Waals surface area contributed by atoms with Gasteiger partial charge in [-0.15, -0.1) is 23.8 Å². The first-order chi connectivity index (χ1) is 8.48. The molecule has 0 radical (unpaired) electrons. The van der Waals surface area contributed by atoms with Crippen LogP contribution in [0.15, 0.2) is 47.7 Å². The summed E-state index contributed by atoms with van der Waals surface area (Å²) >= 11 is 1.03. The van der Waals surface area contributed by atoms with E-state index in [1.54, 1.807) is 18.2 Å². The third-order valence-electron chi connectivity index (χ3n) is 2.36. The number of fused-ring (bicyclic) bond motifs is 1. The van der Waals surface area contributed by atoms with E-state index in [1.807, 2.05) is 6.07 Å². The summed E-state index contributed by atoms with van der Waals surface area (Å²) in [5.74, 6) is -0.204. The molecule has 0 aliphatic carbocycles. The van der Waals surface area contributed by atoms with Crippen LogP contribution in [0.2, 0.25) is 0 Å². The van der Waals surface area contributed by atoms with Crippen LogP contribution in [0.4, 0.5) is 12.9 Å². The Bertz CT molecular complexity index is 586. The number of benzene rings is 1. The Labute approximate surface area is 155 Å². The smallest absolute Gasteiger partial charge is 0.445 e. The Morgan fingerprint density at radius 3 is 2.58 bits per heavy atom.